The van der Waals surface area contributed by atoms with Crippen LogP contribution in [-0.4, -0.2) is 30.4 Å². The molecule has 2 aromatic heterocycles. The smallest absolute Gasteiger partial charge is 0.219 e. The Kier molecular flexibility index (Phi) is 4.77. The molecular weight excluding hydrogens is 364 g/mol. The van der Waals surface area contributed by atoms with Gasteiger partial charge in [0.1, 0.15) is 0 Å². The first kappa shape index (κ1) is 16.9. The fourth-order valence-corrected chi connectivity index (χ4v) is 3.79. The van der Waals surface area contributed by atoms with Gasteiger partial charge in [-0.3, -0.25) is 10.2 Å². The minimum atomic E-state index is 0.646. The van der Waals surface area contributed by atoms with E-state index in [-0.39, 0.29) is 0 Å². The van der Waals surface area contributed by atoms with Gasteiger partial charge < -0.3 is 0 Å². The maximum Gasteiger partial charge on any atom is 0.219 e. The molecule has 0 saturated carbocycles. The lowest BCUT2D eigenvalue weighted by Crippen LogP contribution is -1.81. The average Bonchev–Trinajstić information content (AvgIpc) is 3.31. The van der Waals surface area contributed by atoms with Gasteiger partial charge in [0.2, 0.25) is 10.3 Å². The highest BCUT2D eigenvalue weighted by atomic mass is 33.1. The van der Waals surface area contributed by atoms with Crippen LogP contribution in [0.1, 0.15) is 11.1 Å². The van der Waals surface area contributed by atoms with E-state index in [9.17, 15) is 0 Å². The van der Waals surface area contributed by atoms with Gasteiger partial charge in [-0.15, -0.1) is 10.2 Å². The molecule has 0 saturated heterocycles. The zero-order chi connectivity index (χ0) is 17.9. The maximum atomic E-state index is 4.51. The Morgan fingerprint density at radius 2 is 1.00 bits per heavy atom. The molecule has 26 heavy (non-hydrogen) atoms. The summed E-state index contributed by atoms with van der Waals surface area (Å²) in [4.78, 5) is 9.02. The van der Waals surface area contributed by atoms with Crippen LogP contribution in [0.25, 0.3) is 22.8 Å². The monoisotopic (exact) mass is 380 g/mol. The van der Waals surface area contributed by atoms with E-state index in [1.54, 1.807) is 0 Å². The fraction of sp³-hybridized carbons (Fsp3) is 0.111. The van der Waals surface area contributed by atoms with Gasteiger partial charge in [-0.25, -0.2) is 9.97 Å². The van der Waals surface area contributed by atoms with Crippen LogP contribution in [0.2, 0.25) is 0 Å². The molecule has 4 aromatic rings. The highest BCUT2D eigenvalue weighted by Crippen LogP contribution is 2.34. The minimum absolute atomic E-state index is 0.646. The van der Waals surface area contributed by atoms with Crippen molar-refractivity contribution >= 4 is 21.6 Å². The van der Waals surface area contributed by atoms with Crippen LogP contribution in [0.3, 0.4) is 0 Å². The molecule has 8 heteroatoms. The molecule has 0 bridgehead atoms. The van der Waals surface area contributed by atoms with Crippen LogP contribution in [0, 0.1) is 13.8 Å². The Hall–Kier alpha value is -2.58. The highest BCUT2D eigenvalue weighted by Gasteiger charge is 2.10. The Labute approximate surface area is 158 Å². The van der Waals surface area contributed by atoms with Crippen molar-refractivity contribution in [2.45, 2.75) is 24.2 Å². The number of nitrogens with zero attached hydrogens (tertiary/aromatic N) is 4. The van der Waals surface area contributed by atoms with Crippen molar-refractivity contribution in [3.63, 3.8) is 0 Å². The van der Waals surface area contributed by atoms with E-state index in [1.807, 2.05) is 24.3 Å². The van der Waals surface area contributed by atoms with Gasteiger partial charge in [-0.2, -0.15) is 0 Å². The van der Waals surface area contributed by atoms with E-state index in [4.69, 9.17) is 0 Å². The summed E-state index contributed by atoms with van der Waals surface area (Å²) in [5, 5.41) is 15.7. The van der Waals surface area contributed by atoms with E-state index in [0.717, 1.165) is 22.8 Å². The van der Waals surface area contributed by atoms with Crippen LogP contribution >= 0.6 is 21.6 Å². The molecule has 0 aliphatic rings. The maximum absolute atomic E-state index is 4.51. The average molecular weight is 381 g/mol. The van der Waals surface area contributed by atoms with Crippen molar-refractivity contribution in [1.82, 2.24) is 30.4 Å². The zero-order valence-corrected chi connectivity index (χ0v) is 15.9. The lowest BCUT2D eigenvalue weighted by atomic mass is 10.1. The molecule has 2 aromatic carbocycles. The van der Waals surface area contributed by atoms with Crippen LogP contribution < -0.4 is 0 Å². The summed E-state index contributed by atoms with van der Waals surface area (Å²) in [6, 6.07) is 16.3. The number of benzene rings is 2. The molecular formula is C18H16N6S2. The first-order valence-corrected chi connectivity index (χ1v) is 10.2. The molecule has 0 atom stereocenters. The first-order chi connectivity index (χ1) is 12.7. The van der Waals surface area contributed by atoms with E-state index in [2.05, 4.69) is 68.5 Å². The summed E-state index contributed by atoms with van der Waals surface area (Å²) in [6.07, 6.45) is 0. The van der Waals surface area contributed by atoms with Gasteiger partial charge in [0, 0.05) is 11.1 Å². The SMILES string of the molecule is Cc1ccc(-c2nc(SSc3n[nH]c(-c4ccc(C)cc4)n3)n[nH]2)cc1. The molecule has 4 rings (SSSR count). The van der Waals surface area contributed by atoms with Gasteiger partial charge >= 0.3 is 0 Å². The second kappa shape index (κ2) is 7.35. The van der Waals surface area contributed by atoms with E-state index < -0.39 is 0 Å². The number of hydrogen-bond acceptors (Lipinski definition) is 6. The largest absolute Gasteiger partial charge is 0.258 e. The third-order valence-electron chi connectivity index (χ3n) is 3.77. The van der Waals surface area contributed by atoms with E-state index in [0.29, 0.717) is 10.3 Å². The number of aryl methyl sites for hydroxylation is 2. The zero-order valence-electron chi connectivity index (χ0n) is 14.2. The standard InChI is InChI=1S/C18H16N6S2/c1-11-3-7-13(8-4-11)15-19-17(23-21-15)25-26-18-20-16(22-24-18)14-9-5-12(2)6-10-14/h3-10H,1-2H3,(H,19,21,23)(H,20,22,24). The van der Waals surface area contributed by atoms with Gasteiger partial charge in [-0.1, -0.05) is 59.7 Å². The first-order valence-electron chi connectivity index (χ1n) is 8.01. The number of aromatic nitrogens is 6. The van der Waals surface area contributed by atoms with Crippen molar-refractivity contribution in [1.29, 1.82) is 0 Å². The van der Waals surface area contributed by atoms with Crippen molar-refractivity contribution in [2.24, 2.45) is 0 Å². The lowest BCUT2D eigenvalue weighted by molar-refractivity contribution is 0.973. The Morgan fingerprint density at radius 1 is 0.615 bits per heavy atom. The molecule has 0 aliphatic heterocycles. The summed E-state index contributed by atoms with van der Waals surface area (Å²) in [7, 11) is 2.84. The van der Waals surface area contributed by atoms with Crippen molar-refractivity contribution in [3.05, 3.63) is 59.7 Å². The van der Waals surface area contributed by atoms with Crippen molar-refractivity contribution < 1.29 is 0 Å². The summed E-state index contributed by atoms with van der Waals surface area (Å²) in [5.74, 6) is 1.51. The molecule has 0 amide bonds. The molecule has 130 valence electrons. The molecule has 0 unspecified atom stereocenters. The van der Waals surface area contributed by atoms with Crippen molar-refractivity contribution in [3.8, 4) is 22.8 Å². The number of H-pyrrole nitrogens is 2. The number of hydrogen-bond donors (Lipinski definition) is 2. The summed E-state index contributed by atoms with van der Waals surface area (Å²) in [5.41, 5.74) is 4.46. The molecule has 6 nitrogen and oxygen atoms in total. The van der Waals surface area contributed by atoms with E-state index >= 15 is 0 Å². The third-order valence-corrected chi connectivity index (χ3v) is 5.66. The van der Waals surface area contributed by atoms with Crippen LogP contribution in [0.4, 0.5) is 0 Å². The molecule has 0 fully saturated rings. The number of aromatic amines is 2. The summed E-state index contributed by atoms with van der Waals surface area (Å²) >= 11 is 0. The predicted molar refractivity (Wildman–Crippen MR) is 105 cm³/mol. The highest BCUT2D eigenvalue weighted by molar-refractivity contribution is 8.76. The summed E-state index contributed by atoms with van der Waals surface area (Å²) in [6.45, 7) is 4.12. The van der Waals surface area contributed by atoms with Gasteiger partial charge in [0.25, 0.3) is 0 Å². The molecule has 0 spiro atoms. The number of nitrogens with one attached hydrogen (secondary N) is 2. The van der Waals surface area contributed by atoms with Crippen LogP contribution in [0.15, 0.2) is 58.8 Å². The normalized spacial score (nSPS) is 11.0. The molecule has 0 radical (unpaired) electrons. The second-order valence-corrected chi connectivity index (χ2v) is 7.90. The van der Waals surface area contributed by atoms with Crippen molar-refractivity contribution in [2.75, 3.05) is 0 Å². The van der Waals surface area contributed by atoms with Gasteiger partial charge in [-0.05, 0) is 35.4 Å². The third kappa shape index (κ3) is 3.81. The van der Waals surface area contributed by atoms with Crippen LogP contribution in [0.5, 0.6) is 0 Å². The van der Waals surface area contributed by atoms with Gasteiger partial charge in [0.05, 0.1) is 0 Å². The Morgan fingerprint density at radius 3 is 1.38 bits per heavy atom. The molecule has 0 aliphatic carbocycles. The lowest BCUT2D eigenvalue weighted by Gasteiger charge is -1.96. The second-order valence-electron chi connectivity index (χ2n) is 5.83. The minimum Gasteiger partial charge on any atom is -0.258 e. The quantitative estimate of drug-likeness (QED) is 0.489. The number of rotatable bonds is 5. The summed E-state index contributed by atoms with van der Waals surface area (Å²) < 4.78 is 0. The topological polar surface area (TPSA) is 83.1 Å². The predicted octanol–water partition coefficient (Wildman–Crippen LogP) is 4.67. The Balaban J connectivity index is 1.42. The van der Waals surface area contributed by atoms with E-state index in [1.165, 1.54) is 32.7 Å². The Bertz CT molecular complexity index is 921. The fourth-order valence-electron chi connectivity index (χ4n) is 2.32. The van der Waals surface area contributed by atoms with Crippen LogP contribution in [-0.2, 0) is 0 Å². The molecule has 2 heterocycles. The molecule has 2 N–H and O–H groups in total. The van der Waals surface area contributed by atoms with Gasteiger partial charge in [0.15, 0.2) is 11.6 Å².